The number of rotatable bonds is 4. The number of aryl methyl sites for hydroxylation is 1. The normalized spacial score (nSPS) is 17.0. The number of aliphatic hydroxyl groups excluding tert-OH is 2. The Balaban J connectivity index is 2.11. The third kappa shape index (κ3) is 3.44. The number of hydrazine groups is 1. The average molecular weight is 314 g/mol. The van der Waals surface area contributed by atoms with Crippen LogP contribution in [-0.4, -0.2) is 47.4 Å². The first-order valence-corrected chi connectivity index (χ1v) is 6.64. The van der Waals surface area contributed by atoms with E-state index in [-0.39, 0.29) is 12.4 Å². The zero-order valence-electron chi connectivity index (χ0n) is 11.4. The topological polar surface area (TPSA) is 103 Å². The zero-order valence-corrected chi connectivity index (χ0v) is 12.1. The van der Waals surface area contributed by atoms with Gasteiger partial charge in [-0.3, -0.25) is 10.9 Å². The van der Waals surface area contributed by atoms with Crippen molar-refractivity contribution in [3.05, 3.63) is 28.8 Å². The molecule has 0 bridgehead atoms. The van der Waals surface area contributed by atoms with Crippen LogP contribution in [-0.2, 0) is 9.53 Å². The summed E-state index contributed by atoms with van der Waals surface area (Å²) in [6, 6.07) is 5.28. The smallest absolute Gasteiger partial charge is 0.375 e. The standard InChI is InChI=1S/C13H16ClN3O4/c1-8-2-3-9(4-10(8)14)16-17-11-12(20)21-7-13(5-18,6-19)15-11/h2-4,16,18-19H,5-7H2,1H3,(H,15,17). The molecule has 7 nitrogen and oxygen atoms in total. The Kier molecular flexibility index (Phi) is 4.66. The lowest BCUT2D eigenvalue weighted by Gasteiger charge is -2.29. The molecular weight excluding hydrogens is 298 g/mol. The van der Waals surface area contributed by atoms with Crippen molar-refractivity contribution in [1.29, 1.82) is 0 Å². The molecule has 0 unspecified atom stereocenters. The number of anilines is 1. The van der Waals surface area contributed by atoms with Crippen molar-refractivity contribution in [2.24, 2.45) is 4.99 Å². The van der Waals surface area contributed by atoms with Gasteiger partial charge in [-0.15, -0.1) is 0 Å². The second-order valence-electron chi connectivity index (χ2n) is 4.79. The lowest BCUT2D eigenvalue weighted by atomic mass is 10.0. The maximum absolute atomic E-state index is 11.6. The SMILES string of the molecule is Cc1ccc(NNC2=NC(CO)(CO)COC2=O)cc1Cl. The van der Waals surface area contributed by atoms with Gasteiger partial charge < -0.3 is 14.9 Å². The largest absolute Gasteiger partial charge is 0.457 e. The minimum atomic E-state index is -1.22. The zero-order chi connectivity index (χ0) is 15.5. The Morgan fingerprint density at radius 2 is 2.10 bits per heavy atom. The highest BCUT2D eigenvalue weighted by Crippen LogP contribution is 2.20. The molecule has 1 heterocycles. The first-order chi connectivity index (χ1) is 9.99. The van der Waals surface area contributed by atoms with Gasteiger partial charge in [-0.2, -0.15) is 0 Å². The molecule has 0 aliphatic carbocycles. The Bertz CT molecular complexity index is 573. The fraction of sp³-hybridized carbons (Fsp3) is 0.385. The molecule has 1 aliphatic rings. The molecule has 8 heteroatoms. The number of benzene rings is 1. The van der Waals surface area contributed by atoms with Gasteiger partial charge in [0.2, 0.25) is 5.84 Å². The van der Waals surface area contributed by atoms with Crippen molar-refractivity contribution in [2.75, 3.05) is 25.2 Å². The Hall–Kier alpha value is -1.83. The van der Waals surface area contributed by atoms with E-state index >= 15 is 0 Å². The van der Waals surface area contributed by atoms with Gasteiger partial charge in [0.25, 0.3) is 0 Å². The van der Waals surface area contributed by atoms with Crippen LogP contribution in [0.2, 0.25) is 5.02 Å². The van der Waals surface area contributed by atoms with Gasteiger partial charge in [-0.05, 0) is 24.6 Å². The average Bonchev–Trinajstić information content (AvgIpc) is 2.50. The fourth-order valence-corrected chi connectivity index (χ4v) is 1.86. The van der Waals surface area contributed by atoms with E-state index in [4.69, 9.17) is 16.3 Å². The summed E-state index contributed by atoms with van der Waals surface area (Å²) >= 11 is 6.00. The molecule has 0 atom stereocenters. The molecule has 0 spiro atoms. The van der Waals surface area contributed by atoms with Crippen LogP contribution in [0, 0.1) is 6.92 Å². The van der Waals surface area contributed by atoms with Crippen LogP contribution < -0.4 is 10.9 Å². The van der Waals surface area contributed by atoms with Crippen LogP contribution >= 0.6 is 11.6 Å². The predicted molar refractivity (Wildman–Crippen MR) is 78.2 cm³/mol. The minimum Gasteiger partial charge on any atom is -0.457 e. The summed E-state index contributed by atoms with van der Waals surface area (Å²) in [5.41, 5.74) is 5.71. The third-order valence-corrected chi connectivity index (χ3v) is 3.51. The second-order valence-corrected chi connectivity index (χ2v) is 5.20. The molecule has 0 amide bonds. The summed E-state index contributed by atoms with van der Waals surface area (Å²) in [4.78, 5) is 15.6. The van der Waals surface area contributed by atoms with Gasteiger partial charge in [-0.25, -0.2) is 9.79 Å². The van der Waals surface area contributed by atoms with Crippen molar-refractivity contribution < 1.29 is 19.7 Å². The van der Waals surface area contributed by atoms with E-state index in [0.29, 0.717) is 10.7 Å². The summed E-state index contributed by atoms with van der Waals surface area (Å²) in [6.45, 7) is 0.843. The highest BCUT2D eigenvalue weighted by atomic mass is 35.5. The number of hydrogen-bond donors (Lipinski definition) is 4. The fourth-order valence-electron chi connectivity index (χ4n) is 1.68. The monoisotopic (exact) mass is 313 g/mol. The van der Waals surface area contributed by atoms with Crippen LogP contribution in [0.3, 0.4) is 0 Å². The number of hydrogen-bond acceptors (Lipinski definition) is 7. The molecule has 0 fully saturated rings. The molecule has 0 aromatic heterocycles. The molecule has 2 rings (SSSR count). The molecule has 1 aromatic carbocycles. The number of amidine groups is 1. The first-order valence-electron chi connectivity index (χ1n) is 6.26. The van der Waals surface area contributed by atoms with Gasteiger partial charge >= 0.3 is 5.97 Å². The Morgan fingerprint density at radius 3 is 2.71 bits per heavy atom. The highest BCUT2D eigenvalue weighted by molar-refractivity contribution is 6.36. The molecule has 4 N–H and O–H groups in total. The quantitative estimate of drug-likeness (QED) is 0.469. The summed E-state index contributed by atoms with van der Waals surface area (Å²) < 4.78 is 4.90. The number of cyclic esters (lactones) is 1. The van der Waals surface area contributed by atoms with Crippen LogP contribution in [0.15, 0.2) is 23.2 Å². The molecule has 1 aromatic rings. The summed E-state index contributed by atoms with van der Waals surface area (Å²) in [7, 11) is 0. The van der Waals surface area contributed by atoms with Crippen LogP contribution in [0.1, 0.15) is 5.56 Å². The lowest BCUT2D eigenvalue weighted by molar-refractivity contribution is -0.140. The van der Waals surface area contributed by atoms with Gasteiger partial charge in [0.15, 0.2) is 0 Å². The number of esters is 1. The maximum Gasteiger partial charge on any atom is 0.375 e. The molecule has 1 aliphatic heterocycles. The Labute approximate surface area is 126 Å². The van der Waals surface area contributed by atoms with E-state index in [9.17, 15) is 15.0 Å². The third-order valence-electron chi connectivity index (χ3n) is 3.10. The van der Waals surface area contributed by atoms with Crippen LogP contribution in [0.4, 0.5) is 5.69 Å². The molecule has 0 radical (unpaired) electrons. The van der Waals surface area contributed by atoms with E-state index in [2.05, 4.69) is 15.8 Å². The number of ether oxygens (including phenoxy) is 1. The molecule has 0 saturated heterocycles. The van der Waals surface area contributed by atoms with E-state index in [0.717, 1.165) is 5.56 Å². The number of carbonyl (C=O) groups excluding carboxylic acids is 1. The predicted octanol–water partition coefficient (Wildman–Crippen LogP) is 0.244. The van der Waals surface area contributed by atoms with E-state index < -0.39 is 24.7 Å². The molecule has 21 heavy (non-hydrogen) atoms. The van der Waals surface area contributed by atoms with E-state index in [1.165, 1.54) is 0 Å². The van der Waals surface area contributed by atoms with Gasteiger partial charge in [0.05, 0.1) is 18.9 Å². The van der Waals surface area contributed by atoms with Crippen molar-refractivity contribution in [3.63, 3.8) is 0 Å². The van der Waals surface area contributed by atoms with Crippen molar-refractivity contribution in [3.8, 4) is 0 Å². The van der Waals surface area contributed by atoms with Crippen molar-refractivity contribution in [2.45, 2.75) is 12.5 Å². The first kappa shape index (κ1) is 15.6. The van der Waals surface area contributed by atoms with E-state index in [1.807, 2.05) is 13.0 Å². The number of aliphatic hydroxyl groups is 2. The minimum absolute atomic E-state index is 0.124. The van der Waals surface area contributed by atoms with E-state index in [1.54, 1.807) is 12.1 Å². The molecule has 114 valence electrons. The second kappa shape index (κ2) is 6.30. The number of halogens is 1. The summed E-state index contributed by atoms with van der Waals surface area (Å²) in [6.07, 6.45) is 0. The summed E-state index contributed by atoms with van der Waals surface area (Å²) in [5.74, 6) is -0.792. The highest BCUT2D eigenvalue weighted by Gasteiger charge is 2.36. The van der Waals surface area contributed by atoms with Gasteiger partial charge in [0.1, 0.15) is 12.1 Å². The Morgan fingerprint density at radius 1 is 1.38 bits per heavy atom. The number of nitrogens with zero attached hydrogens (tertiary/aromatic N) is 1. The van der Waals surface area contributed by atoms with Crippen molar-refractivity contribution in [1.82, 2.24) is 5.43 Å². The number of nitrogens with one attached hydrogen (secondary N) is 2. The van der Waals surface area contributed by atoms with Gasteiger partial charge in [0, 0.05) is 5.02 Å². The van der Waals surface area contributed by atoms with Crippen LogP contribution in [0.5, 0.6) is 0 Å². The van der Waals surface area contributed by atoms with Crippen molar-refractivity contribution >= 4 is 29.1 Å². The van der Waals surface area contributed by atoms with Crippen LogP contribution in [0.25, 0.3) is 0 Å². The molecular formula is C13H16ClN3O4. The number of carbonyl (C=O) groups is 1. The lowest BCUT2D eigenvalue weighted by Crippen LogP contribution is -2.51. The number of aliphatic imine (C=N–C) groups is 1. The molecule has 0 saturated carbocycles. The maximum atomic E-state index is 11.6. The van der Waals surface area contributed by atoms with Gasteiger partial charge in [-0.1, -0.05) is 17.7 Å². The summed E-state index contributed by atoms with van der Waals surface area (Å²) in [5, 5.41) is 19.1.